The van der Waals surface area contributed by atoms with Crippen molar-refractivity contribution in [3.63, 3.8) is 0 Å². The van der Waals surface area contributed by atoms with Gasteiger partial charge in [-0.3, -0.25) is 9.59 Å². The van der Waals surface area contributed by atoms with E-state index in [0.29, 0.717) is 22.7 Å². The highest BCUT2D eigenvalue weighted by molar-refractivity contribution is 7.91. The van der Waals surface area contributed by atoms with Crippen LogP contribution in [-0.2, 0) is 21.2 Å². The fourth-order valence-electron chi connectivity index (χ4n) is 4.68. The largest absolute Gasteiger partial charge is 0.334 e. The Hall–Kier alpha value is -2.07. The molecular weight excluding hydrogens is 436 g/mol. The minimum absolute atomic E-state index is 0.00896. The van der Waals surface area contributed by atoms with Gasteiger partial charge in [0.05, 0.1) is 22.8 Å². The Bertz CT molecular complexity index is 1130. The smallest absolute Gasteiger partial charge is 0.277 e. The van der Waals surface area contributed by atoms with E-state index in [1.54, 1.807) is 17.9 Å². The average molecular weight is 465 g/mol. The molecule has 0 radical (unpaired) electrons. The van der Waals surface area contributed by atoms with Gasteiger partial charge in [0.25, 0.3) is 5.56 Å². The van der Waals surface area contributed by atoms with Gasteiger partial charge in [0.1, 0.15) is 11.6 Å². The van der Waals surface area contributed by atoms with Crippen LogP contribution in [-0.4, -0.2) is 57.6 Å². The van der Waals surface area contributed by atoms with Crippen molar-refractivity contribution in [3.8, 4) is 10.6 Å². The number of carbonyl (C=O) groups is 1. The number of amides is 1. The van der Waals surface area contributed by atoms with Crippen molar-refractivity contribution in [2.45, 2.75) is 71.0 Å². The molecule has 0 N–H and O–H groups in total. The van der Waals surface area contributed by atoms with Gasteiger partial charge >= 0.3 is 0 Å². The quantitative estimate of drug-likeness (QED) is 0.673. The standard InChI is InChI=1S/C21H28N4O4S2/c1-14-10-18(20-22-15(2)12-30-20)21(27)24(23-14)11-19(26)25(16-6-4-3-5-7-16)17-8-9-31(28,29)13-17/h10,12,16-17H,3-9,11,13H2,1-2H3/t17-/m0/s1. The molecule has 8 nitrogen and oxygen atoms in total. The van der Waals surface area contributed by atoms with Crippen LogP contribution in [0.3, 0.4) is 0 Å². The van der Waals surface area contributed by atoms with Gasteiger partial charge in [-0.2, -0.15) is 5.10 Å². The number of aryl methyl sites for hydroxylation is 2. The van der Waals surface area contributed by atoms with Gasteiger partial charge in [0.15, 0.2) is 9.84 Å². The number of aromatic nitrogens is 3. The van der Waals surface area contributed by atoms with Crippen molar-refractivity contribution in [1.29, 1.82) is 0 Å². The van der Waals surface area contributed by atoms with Crippen LogP contribution in [0, 0.1) is 13.8 Å². The highest BCUT2D eigenvalue weighted by Crippen LogP contribution is 2.29. The van der Waals surface area contributed by atoms with E-state index in [0.717, 1.165) is 37.8 Å². The van der Waals surface area contributed by atoms with Gasteiger partial charge in [0, 0.05) is 23.2 Å². The maximum absolute atomic E-state index is 13.4. The molecule has 0 unspecified atom stereocenters. The number of thiazole rings is 1. The highest BCUT2D eigenvalue weighted by Gasteiger charge is 2.38. The van der Waals surface area contributed by atoms with Crippen LogP contribution >= 0.6 is 11.3 Å². The van der Waals surface area contributed by atoms with Crippen LogP contribution in [0.4, 0.5) is 0 Å². The predicted molar refractivity (Wildman–Crippen MR) is 120 cm³/mol. The average Bonchev–Trinajstić information content (AvgIpc) is 3.30. The molecule has 1 amide bonds. The van der Waals surface area contributed by atoms with Gasteiger partial charge in [0.2, 0.25) is 5.91 Å². The zero-order valence-corrected chi connectivity index (χ0v) is 19.5. The second-order valence-corrected chi connectivity index (χ2v) is 11.7. The molecule has 31 heavy (non-hydrogen) atoms. The second-order valence-electron chi connectivity index (χ2n) is 8.61. The van der Waals surface area contributed by atoms with E-state index in [1.165, 1.54) is 16.0 Å². The number of carbonyl (C=O) groups excluding carboxylic acids is 1. The second kappa shape index (κ2) is 8.82. The van der Waals surface area contributed by atoms with Crippen LogP contribution in [0.2, 0.25) is 0 Å². The van der Waals surface area contributed by atoms with E-state index in [-0.39, 0.29) is 41.6 Å². The summed E-state index contributed by atoms with van der Waals surface area (Å²) in [6.07, 6.45) is 5.42. The van der Waals surface area contributed by atoms with Crippen LogP contribution in [0.5, 0.6) is 0 Å². The predicted octanol–water partition coefficient (Wildman–Crippen LogP) is 2.33. The number of hydrogen-bond donors (Lipinski definition) is 0. The lowest BCUT2D eigenvalue weighted by atomic mass is 9.93. The molecule has 1 aliphatic carbocycles. The van der Waals surface area contributed by atoms with E-state index in [2.05, 4.69) is 10.1 Å². The van der Waals surface area contributed by atoms with E-state index in [9.17, 15) is 18.0 Å². The zero-order valence-electron chi connectivity index (χ0n) is 17.9. The first kappa shape index (κ1) is 22.1. The fourth-order valence-corrected chi connectivity index (χ4v) is 7.20. The summed E-state index contributed by atoms with van der Waals surface area (Å²) in [5.41, 5.74) is 1.55. The minimum atomic E-state index is -3.13. The third kappa shape index (κ3) is 4.90. The first-order chi connectivity index (χ1) is 14.7. The van der Waals surface area contributed by atoms with E-state index in [4.69, 9.17) is 0 Å². The Kier molecular flexibility index (Phi) is 6.30. The lowest BCUT2D eigenvalue weighted by Gasteiger charge is -2.38. The van der Waals surface area contributed by atoms with Gasteiger partial charge in [-0.25, -0.2) is 18.1 Å². The summed E-state index contributed by atoms with van der Waals surface area (Å²) >= 11 is 1.39. The Morgan fingerprint density at radius 1 is 1.16 bits per heavy atom. The molecule has 3 heterocycles. The SMILES string of the molecule is Cc1csc(-c2cc(C)nn(CC(=O)N(C3CCCCC3)[C@H]3CCS(=O)(=O)C3)c2=O)n1. The van der Waals surface area contributed by atoms with Gasteiger partial charge < -0.3 is 4.90 Å². The lowest BCUT2D eigenvalue weighted by molar-refractivity contribution is -0.137. The molecule has 4 rings (SSSR count). The van der Waals surface area contributed by atoms with Gasteiger partial charge in [-0.1, -0.05) is 19.3 Å². The summed E-state index contributed by atoms with van der Waals surface area (Å²) < 4.78 is 25.4. The molecule has 168 valence electrons. The summed E-state index contributed by atoms with van der Waals surface area (Å²) in [4.78, 5) is 32.7. The molecule has 10 heteroatoms. The highest BCUT2D eigenvalue weighted by atomic mass is 32.2. The normalized spacial score (nSPS) is 21.3. The van der Waals surface area contributed by atoms with Crippen molar-refractivity contribution in [2.24, 2.45) is 0 Å². The fraction of sp³-hybridized carbons (Fsp3) is 0.619. The molecule has 2 aromatic heterocycles. The van der Waals surface area contributed by atoms with Crippen molar-refractivity contribution in [2.75, 3.05) is 11.5 Å². The molecular formula is C21H28N4O4S2. The number of rotatable bonds is 5. The molecule has 1 atom stereocenters. The summed E-state index contributed by atoms with van der Waals surface area (Å²) in [7, 11) is -3.13. The molecule has 1 aliphatic heterocycles. The third-order valence-corrected chi connectivity index (χ3v) is 8.83. The Labute approximate surface area is 186 Å². The lowest BCUT2D eigenvalue weighted by Crippen LogP contribution is -2.50. The monoisotopic (exact) mass is 464 g/mol. The van der Waals surface area contributed by atoms with Gasteiger partial charge in [-0.05, 0) is 39.2 Å². The summed E-state index contributed by atoms with van der Waals surface area (Å²) in [5.74, 6) is -0.102. The summed E-state index contributed by atoms with van der Waals surface area (Å²) in [6, 6.07) is 1.41. The van der Waals surface area contributed by atoms with Crippen molar-refractivity contribution < 1.29 is 13.2 Å². The first-order valence-corrected chi connectivity index (χ1v) is 13.5. The molecule has 1 saturated heterocycles. The Morgan fingerprint density at radius 3 is 2.52 bits per heavy atom. The minimum Gasteiger partial charge on any atom is -0.334 e. The molecule has 0 aromatic carbocycles. The first-order valence-electron chi connectivity index (χ1n) is 10.8. The van der Waals surface area contributed by atoms with E-state index >= 15 is 0 Å². The van der Waals surface area contributed by atoms with E-state index < -0.39 is 9.84 Å². The van der Waals surface area contributed by atoms with Crippen molar-refractivity contribution >= 4 is 27.1 Å². The molecule has 0 bridgehead atoms. The molecule has 1 saturated carbocycles. The number of sulfone groups is 1. The molecule has 2 aromatic rings. The molecule has 0 spiro atoms. The maximum Gasteiger partial charge on any atom is 0.277 e. The van der Waals surface area contributed by atoms with Crippen molar-refractivity contribution in [1.82, 2.24) is 19.7 Å². The summed E-state index contributed by atoms with van der Waals surface area (Å²) in [6.45, 7) is 3.46. The number of nitrogens with zero attached hydrogens (tertiary/aromatic N) is 4. The topological polar surface area (TPSA) is 102 Å². The van der Waals surface area contributed by atoms with E-state index in [1.807, 2.05) is 12.3 Å². The van der Waals surface area contributed by atoms with Crippen LogP contribution in [0.15, 0.2) is 16.2 Å². The van der Waals surface area contributed by atoms with Gasteiger partial charge in [-0.15, -0.1) is 11.3 Å². The van der Waals surface area contributed by atoms with Crippen LogP contribution < -0.4 is 5.56 Å². The third-order valence-electron chi connectivity index (χ3n) is 6.09. The maximum atomic E-state index is 13.4. The number of hydrogen-bond acceptors (Lipinski definition) is 7. The zero-order chi connectivity index (χ0) is 22.2. The van der Waals surface area contributed by atoms with Crippen molar-refractivity contribution in [3.05, 3.63) is 33.2 Å². The molecule has 2 fully saturated rings. The van der Waals surface area contributed by atoms with Crippen LogP contribution in [0.25, 0.3) is 10.6 Å². The Morgan fingerprint density at radius 2 is 1.90 bits per heavy atom. The molecule has 2 aliphatic rings. The summed E-state index contributed by atoms with van der Waals surface area (Å²) in [5, 5.41) is 6.80. The Balaban J connectivity index is 1.64. The van der Waals surface area contributed by atoms with Crippen LogP contribution in [0.1, 0.15) is 49.9 Å².